The number of benzene rings is 2. The number of rotatable bonds is 5. The lowest BCUT2D eigenvalue weighted by Gasteiger charge is -2.10. The highest BCUT2D eigenvalue weighted by Crippen LogP contribution is 2.28. The van der Waals surface area contributed by atoms with Crippen LogP contribution >= 0.6 is 27.7 Å². The Labute approximate surface area is 159 Å². The standard InChI is InChI=1S/C19H18BrN3OS/c1-12-6-4-5-7-16(12)18-21-22-19(23(18)3)25-13(2)17(24)14-8-10-15(20)11-9-14/h4-11,13H,1-3H3/t13-/m1/s1. The number of aromatic nitrogens is 3. The molecular formula is C19H18BrN3OS. The van der Waals surface area contributed by atoms with Gasteiger partial charge in [0.2, 0.25) is 0 Å². The van der Waals surface area contributed by atoms with Crippen LogP contribution in [0, 0.1) is 6.92 Å². The van der Waals surface area contributed by atoms with E-state index in [0.29, 0.717) is 5.56 Å². The van der Waals surface area contributed by atoms with Crippen LogP contribution in [0.1, 0.15) is 22.8 Å². The smallest absolute Gasteiger partial charge is 0.191 e. The molecule has 6 heteroatoms. The van der Waals surface area contributed by atoms with Crippen LogP contribution < -0.4 is 0 Å². The zero-order valence-electron chi connectivity index (χ0n) is 14.2. The molecule has 2 aromatic carbocycles. The number of thioether (sulfide) groups is 1. The van der Waals surface area contributed by atoms with Crippen molar-refractivity contribution in [2.45, 2.75) is 24.3 Å². The van der Waals surface area contributed by atoms with E-state index in [-0.39, 0.29) is 11.0 Å². The molecule has 0 N–H and O–H groups in total. The largest absolute Gasteiger partial charge is 0.305 e. The molecule has 0 fully saturated rings. The molecule has 4 nitrogen and oxygen atoms in total. The number of Topliss-reactive ketones (excluding diaryl/α,β-unsaturated/α-hetero) is 1. The van der Waals surface area contributed by atoms with Gasteiger partial charge in [0.1, 0.15) is 0 Å². The summed E-state index contributed by atoms with van der Waals surface area (Å²) in [5.41, 5.74) is 2.90. The van der Waals surface area contributed by atoms with Crippen molar-refractivity contribution in [3.8, 4) is 11.4 Å². The number of nitrogens with zero attached hydrogens (tertiary/aromatic N) is 3. The Morgan fingerprint density at radius 3 is 2.48 bits per heavy atom. The molecule has 25 heavy (non-hydrogen) atoms. The molecule has 0 aliphatic carbocycles. The lowest BCUT2D eigenvalue weighted by atomic mass is 10.1. The molecular weight excluding hydrogens is 398 g/mol. The van der Waals surface area contributed by atoms with E-state index in [2.05, 4.69) is 39.1 Å². The van der Waals surface area contributed by atoms with Crippen LogP contribution in [0.25, 0.3) is 11.4 Å². The second-order valence-corrected chi connectivity index (χ2v) is 8.03. The first-order valence-electron chi connectivity index (χ1n) is 7.89. The van der Waals surface area contributed by atoms with E-state index in [4.69, 9.17) is 0 Å². The van der Waals surface area contributed by atoms with Crippen LogP contribution in [0.15, 0.2) is 58.2 Å². The summed E-state index contributed by atoms with van der Waals surface area (Å²) in [5.74, 6) is 0.891. The van der Waals surface area contributed by atoms with Crippen LogP contribution in [0.5, 0.6) is 0 Å². The molecule has 0 aliphatic heterocycles. The summed E-state index contributed by atoms with van der Waals surface area (Å²) in [6.45, 7) is 3.95. The summed E-state index contributed by atoms with van der Waals surface area (Å²) in [4.78, 5) is 12.6. The van der Waals surface area contributed by atoms with Gasteiger partial charge in [0.25, 0.3) is 0 Å². The third-order valence-corrected chi connectivity index (χ3v) is 5.66. The Bertz CT molecular complexity index is 905. The molecule has 0 saturated heterocycles. The maximum absolute atomic E-state index is 12.6. The van der Waals surface area contributed by atoms with E-state index in [1.807, 2.05) is 61.0 Å². The quantitative estimate of drug-likeness (QED) is 0.438. The Morgan fingerprint density at radius 2 is 1.80 bits per heavy atom. The molecule has 0 unspecified atom stereocenters. The lowest BCUT2D eigenvalue weighted by Crippen LogP contribution is -2.14. The summed E-state index contributed by atoms with van der Waals surface area (Å²) in [6.07, 6.45) is 0. The molecule has 3 aromatic rings. The van der Waals surface area contributed by atoms with Crippen molar-refractivity contribution < 1.29 is 4.79 Å². The highest BCUT2D eigenvalue weighted by molar-refractivity contribution is 9.10. The Balaban J connectivity index is 1.81. The second kappa shape index (κ2) is 7.54. The highest BCUT2D eigenvalue weighted by atomic mass is 79.9. The molecule has 1 aromatic heterocycles. The minimum Gasteiger partial charge on any atom is -0.305 e. The SMILES string of the molecule is Cc1ccccc1-c1nnc(S[C@H](C)C(=O)c2ccc(Br)cc2)n1C. The van der Waals surface area contributed by atoms with Crippen molar-refractivity contribution in [3.63, 3.8) is 0 Å². The molecule has 1 atom stereocenters. The molecule has 128 valence electrons. The first-order chi connectivity index (χ1) is 12.0. The predicted molar refractivity (Wildman–Crippen MR) is 105 cm³/mol. The average Bonchev–Trinajstić information content (AvgIpc) is 2.96. The van der Waals surface area contributed by atoms with Gasteiger partial charge >= 0.3 is 0 Å². The van der Waals surface area contributed by atoms with Gasteiger partial charge in [0, 0.05) is 22.6 Å². The van der Waals surface area contributed by atoms with Gasteiger partial charge in [-0.2, -0.15) is 0 Å². The topological polar surface area (TPSA) is 47.8 Å². The first-order valence-corrected chi connectivity index (χ1v) is 9.56. The van der Waals surface area contributed by atoms with E-state index in [9.17, 15) is 4.79 Å². The van der Waals surface area contributed by atoms with Crippen molar-refractivity contribution in [1.29, 1.82) is 0 Å². The van der Waals surface area contributed by atoms with Crippen LogP contribution in [-0.4, -0.2) is 25.8 Å². The van der Waals surface area contributed by atoms with Gasteiger partial charge in [-0.3, -0.25) is 4.79 Å². The van der Waals surface area contributed by atoms with Gasteiger partial charge in [-0.1, -0.05) is 64.1 Å². The Kier molecular flexibility index (Phi) is 5.39. The molecule has 1 heterocycles. The molecule has 0 aliphatic rings. The minimum atomic E-state index is -0.242. The Morgan fingerprint density at radius 1 is 1.12 bits per heavy atom. The van der Waals surface area contributed by atoms with Crippen molar-refractivity contribution in [2.75, 3.05) is 0 Å². The fraction of sp³-hybridized carbons (Fsp3) is 0.211. The fourth-order valence-corrected chi connectivity index (χ4v) is 3.69. The number of hydrogen-bond acceptors (Lipinski definition) is 4. The molecule has 0 radical (unpaired) electrons. The minimum absolute atomic E-state index is 0.0814. The van der Waals surface area contributed by atoms with Gasteiger partial charge in [0.05, 0.1) is 5.25 Å². The zero-order valence-corrected chi connectivity index (χ0v) is 16.6. The van der Waals surface area contributed by atoms with E-state index in [1.54, 1.807) is 0 Å². The number of carbonyl (C=O) groups is 1. The number of aryl methyl sites for hydroxylation is 1. The summed E-state index contributed by atoms with van der Waals surface area (Å²) >= 11 is 4.81. The average molecular weight is 416 g/mol. The number of hydrogen-bond donors (Lipinski definition) is 0. The molecule has 3 rings (SSSR count). The summed E-state index contributed by atoms with van der Waals surface area (Å²) < 4.78 is 2.90. The monoisotopic (exact) mass is 415 g/mol. The van der Waals surface area contributed by atoms with Crippen LogP contribution in [0.4, 0.5) is 0 Å². The van der Waals surface area contributed by atoms with Crippen LogP contribution in [0.3, 0.4) is 0 Å². The Hall–Kier alpha value is -1.92. The number of carbonyl (C=O) groups excluding carboxylic acids is 1. The third kappa shape index (κ3) is 3.85. The maximum atomic E-state index is 12.6. The van der Waals surface area contributed by atoms with Crippen LogP contribution in [0.2, 0.25) is 0 Å². The van der Waals surface area contributed by atoms with E-state index < -0.39 is 0 Å². The fourth-order valence-electron chi connectivity index (χ4n) is 2.54. The van der Waals surface area contributed by atoms with Crippen molar-refractivity contribution in [3.05, 3.63) is 64.1 Å². The molecule has 0 bridgehead atoms. The van der Waals surface area contributed by atoms with E-state index in [1.165, 1.54) is 11.8 Å². The van der Waals surface area contributed by atoms with Crippen molar-refractivity contribution in [2.24, 2.45) is 7.05 Å². The van der Waals surface area contributed by atoms with E-state index >= 15 is 0 Å². The van der Waals surface area contributed by atoms with Crippen molar-refractivity contribution >= 4 is 33.5 Å². The molecule has 0 spiro atoms. The first kappa shape index (κ1) is 17.9. The van der Waals surface area contributed by atoms with Gasteiger partial charge in [-0.15, -0.1) is 10.2 Å². The second-order valence-electron chi connectivity index (χ2n) is 5.81. The van der Waals surface area contributed by atoms with E-state index in [0.717, 1.165) is 26.6 Å². The number of ketones is 1. The number of halogens is 1. The summed E-state index contributed by atoms with van der Waals surface area (Å²) in [5, 5.41) is 9.09. The zero-order chi connectivity index (χ0) is 18.0. The van der Waals surface area contributed by atoms with Gasteiger partial charge < -0.3 is 4.57 Å². The lowest BCUT2D eigenvalue weighted by molar-refractivity contribution is 0.0994. The molecule has 0 amide bonds. The predicted octanol–water partition coefficient (Wildman–Crippen LogP) is 4.92. The van der Waals surface area contributed by atoms with Crippen LogP contribution in [-0.2, 0) is 7.05 Å². The summed E-state index contributed by atoms with van der Waals surface area (Å²) in [7, 11) is 1.93. The maximum Gasteiger partial charge on any atom is 0.191 e. The van der Waals surface area contributed by atoms with Gasteiger partial charge in [0.15, 0.2) is 16.8 Å². The van der Waals surface area contributed by atoms with Gasteiger partial charge in [-0.25, -0.2) is 0 Å². The van der Waals surface area contributed by atoms with Crippen molar-refractivity contribution in [1.82, 2.24) is 14.8 Å². The van der Waals surface area contributed by atoms with Gasteiger partial charge in [-0.05, 0) is 31.5 Å². The normalized spacial score (nSPS) is 12.2. The summed E-state index contributed by atoms with van der Waals surface area (Å²) in [6, 6.07) is 15.5. The third-order valence-electron chi connectivity index (χ3n) is 4.00. The molecule has 0 saturated carbocycles. The highest BCUT2D eigenvalue weighted by Gasteiger charge is 2.20.